The molecular weight excluding hydrogens is 230 g/mol. The molecule has 1 atom stereocenters. The minimum atomic E-state index is -0.461. The average molecular weight is 255 g/mol. The summed E-state index contributed by atoms with van der Waals surface area (Å²) in [4.78, 5) is 26.0. The third-order valence-electron chi connectivity index (χ3n) is 3.12. The van der Waals surface area contributed by atoms with Crippen molar-refractivity contribution in [2.45, 2.75) is 40.2 Å². The molecule has 0 aromatic heterocycles. The van der Waals surface area contributed by atoms with E-state index in [-0.39, 0.29) is 11.8 Å². The van der Waals surface area contributed by atoms with Crippen molar-refractivity contribution in [3.05, 3.63) is 0 Å². The summed E-state index contributed by atoms with van der Waals surface area (Å²) in [6.07, 6.45) is 0.630. The second-order valence-corrected chi connectivity index (χ2v) is 5.76. The van der Waals surface area contributed by atoms with Crippen molar-refractivity contribution < 1.29 is 9.59 Å². The third kappa shape index (κ3) is 3.98. The Morgan fingerprint density at radius 2 is 1.83 bits per heavy atom. The fraction of sp³-hybridized carbons (Fsp3) is 0.846. The number of nitrogens with one attached hydrogen (secondary N) is 2. The van der Waals surface area contributed by atoms with Gasteiger partial charge in [-0.3, -0.25) is 9.59 Å². The molecule has 5 heteroatoms. The fourth-order valence-corrected chi connectivity index (χ4v) is 1.82. The Kier molecular flexibility index (Phi) is 5.14. The van der Waals surface area contributed by atoms with E-state index >= 15 is 0 Å². The van der Waals surface area contributed by atoms with E-state index in [1.165, 1.54) is 0 Å². The Morgan fingerprint density at radius 3 is 2.28 bits per heavy atom. The normalized spacial score (nSPS) is 18.3. The average Bonchev–Trinajstić information content (AvgIpc) is 2.34. The standard InChI is InChI=1S/C13H25N3O2/c1-5-10(15-12(18)13(2,3)4)11(17)16-8-6-14-7-9-16/h10,14H,5-9H2,1-4H3,(H,15,18). The SMILES string of the molecule is CCC(NC(=O)C(C)(C)C)C(=O)N1CCNCC1. The molecule has 2 amide bonds. The Morgan fingerprint density at radius 1 is 1.28 bits per heavy atom. The number of piperazine rings is 1. The number of carbonyl (C=O) groups is 2. The van der Waals surface area contributed by atoms with Gasteiger partial charge in [0.15, 0.2) is 0 Å². The zero-order chi connectivity index (χ0) is 13.8. The second-order valence-electron chi connectivity index (χ2n) is 5.76. The molecule has 5 nitrogen and oxygen atoms in total. The molecule has 1 rings (SSSR count). The van der Waals surface area contributed by atoms with Crippen LogP contribution in [0.1, 0.15) is 34.1 Å². The molecule has 0 bridgehead atoms. The maximum atomic E-state index is 12.3. The summed E-state index contributed by atoms with van der Waals surface area (Å²) >= 11 is 0. The van der Waals surface area contributed by atoms with Gasteiger partial charge in [0.1, 0.15) is 6.04 Å². The molecule has 2 N–H and O–H groups in total. The molecule has 0 aromatic rings. The molecule has 1 fully saturated rings. The Hall–Kier alpha value is -1.10. The minimum absolute atomic E-state index is 0.0385. The van der Waals surface area contributed by atoms with Gasteiger partial charge in [-0.2, -0.15) is 0 Å². The highest BCUT2D eigenvalue weighted by atomic mass is 16.2. The van der Waals surface area contributed by atoms with Gasteiger partial charge in [-0.05, 0) is 6.42 Å². The Balaban J connectivity index is 2.59. The van der Waals surface area contributed by atoms with Gasteiger partial charge in [0.2, 0.25) is 11.8 Å². The van der Waals surface area contributed by atoms with Crippen molar-refractivity contribution in [3.8, 4) is 0 Å². The number of nitrogens with zero attached hydrogens (tertiary/aromatic N) is 1. The zero-order valence-corrected chi connectivity index (χ0v) is 11.9. The maximum absolute atomic E-state index is 12.3. The van der Waals surface area contributed by atoms with Crippen LogP contribution in [0.4, 0.5) is 0 Å². The van der Waals surface area contributed by atoms with Gasteiger partial charge in [0.05, 0.1) is 0 Å². The van der Waals surface area contributed by atoms with Crippen LogP contribution in [-0.4, -0.2) is 48.9 Å². The molecule has 1 aliphatic rings. The van der Waals surface area contributed by atoms with E-state index < -0.39 is 11.5 Å². The summed E-state index contributed by atoms with van der Waals surface area (Å²) in [7, 11) is 0. The van der Waals surface area contributed by atoms with Crippen molar-refractivity contribution in [1.82, 2.24) is 15.5 Å². The van der Waals surface area contributed by atoms with Crippen molar-refractivity contribution in [3.63, 3.8) is 0 Å². The molecule has 0 radical (unpaired) electrons. The van der Waals surface area contributed by atoms with Gasteiger partial charge in [-0.15, -0.1) is 0 Å². The molecule has 0 aliphatic carbocycles. The van der Waals surface area contributed by atoms with Crippen LogP contribution in [0.25, 0.3) is 0 Å². The van der Waals surface area contributed by atoms with Crippen LogP contribution < -0.4 is 10.6 Å². The van der Waals surface area contributed by atoms with Crippen LogP contribution in [0.2, 0.25) is 0 Å². The summed E-state index contributed by atoms with van der Waals surface area (Å²) in [6, 6.07) is -0.394. The molecule has 0 aromatic carbocycles. The first-order valence-electron chi connectivity index (χ1n) is 6.66. The topological polar surface area (TPSA) is 61.4 Å². The molecule has 1 saturated heterocycles. The lowest BCUT2D eigenvalue weighted by atomic mass is 9.95. The smallest absolute Gasteiger partial charge is 0.245 e. The number of hydrogen-bond donors (Lipinski definition) is 2. The lowest BCUT2D eigenvalue weighted by Gasteiger charge is -2.32. The maximum Gasteiger partial charge on any atom is 0.245 e. The summed E-state index contributed by atoms with van der Waals surface area (Å²) in [5.74, 6) is -0.0329. The summed E-state index contributed by atoms with van der Waals surface area (Å²) in [6.45, 7) is 10.6. The van der Waals surface area contributed by atoms with Gasteiger partial charge in [-0.1, -0.05) is 27.7 Å². The van der Waals surface area contributed by atoms with Gasteiger partial charge < -0.3 is 15.5 Å². The molecule has 104 valence electrons. The molecule has 1 aliphatic heterocycles. The molecule has 18 heavy (non-hydrogen) atoms. The summed E-state index contributed by atoms with van der Waals surface area (Å²) in [5.41, 5.74) is -0.461. The highest BCUT2D eigenvalue weighted by molar-refractivity contribution is 5.89. The highest BCUT2D eigenvalue weighted by Crippen LogP contribution is 2.14. The first-order valence-corrected chi connectivity index (χ1v) is 6.66. The van der Waals surface area contributed by atoms with Crippen molar-refractivity contribution in [2.24, 2.45) is 5.41 Å². The fourth-order valence-electron chi connectivity index (χ4n) is 1.82. The molecule has 0 spiro atoms. The predicted octanol–water partition coefficient (Wildman–Crippen LogP) is 0.359. The van der Waals surface area contributed by atoms with Crippen LogP contribution in [0, 0.1) is 5.41 Å². The highest BCUT2D eigenvalue weighted by Gasteiger charge is 2.29. The van der Waals surface area contributed by atoms with E-state index in [1.807, 2.05) is 32.6 Å². The van der Waals surface area contributed by atoms with E-state index in [0.29, 0.717) is 6.42 Å². The summed E-state index contributed by atoms with van der Waals surface area (Å²) < 4.78 is 0. The second kappa shape index (κ2) is 6.18. The van der Waals surface area contributed by atoms with Crippen LogP contribution in [-0.2, 0) is 9.59 Å². The summed E-state index contributed by atoms with van der Waals surface area (Å²) in [5, 5.41) is 6.06. The van der Waals surface area contributed by atoms with Crippen molar-refractivity contribution >= 4 is 11.8 Å². The number of rotatable bonds is 3. The number of amides is 2. The molecule has 1 unspecified atom stereocenters. The predicted molar refractivity (Wildman–Crippen MR) is 71.1 cm³/mol. The van der Waals surface area contributed by atoms with Gasteiger partial charge in [0, 0.05) is 31.6 Å². The van der Waals surface area contributed by atoms with E-state index in [0.717, 1.165) is 26.2 Å². The van der Waals surface area contributed by atoms with E-state index in [2.05, 4.69) is 10.6 Å². The van der Waals surface area contributed by atoms with E-state index in [4.69, 9.17) is 0 Å². The monoisotopic (exact) mass is 255 g/mol. The quantitative estimate of drug-likeness (QED) is 0.765. The van der Waals surface area contributed by atoms with Crippen LogP contribution in [0.15, 0.2) is 0 Å². The number of hydrogen-bond acceptors (Lipinski definition) is 3. The number of carbonyl (C=O) groups excluding carboxylic acids is 2. The van der Waals surface area contributed by atoms with Gasteiger partial charge >= 0.3 is 0 Å². The molecule has 0 saturated carbocycles. The van der Waals surface area contributed by atoms with Crippen LogP contribution >= 0.6 is 0 Å². The lowest BCUT2D eigenvalue weighted by molar-refractivity contribution is -0.139. The zero-order valence-electron chi connectivity index (χ0n) is 11.9. The third-order valence-corrected chi connectivity index (χ3v) is 3.12. The lowest BCUT2D eigenvalue weighted by Crippen LogP contribution is -2.55. The van der Waals surface area contributed by atoms with E-state index in [9.17, 15) is 9.59 Å². The first kappa shape index (κ1) is 15.0. The molecular formula is C13H25N3O2. The Bertz CT molecular complexity index is 304. The minimum Gasteiger partial charge on any atom is -0.344 e. The van der Waals surface area contributed by atoms with E-state index in [1.54, 1.807) is 0 Å². The first-order chi connectivity index (χ1) is 8.36. The van der Waals surface area contributed by atoms with Crippen LogP contribution in [0.5, 0.6) is 0 Å². The van der Waals surface area contributed by atoms with Crippen molar-refractivity contribution in [1.29, 1.82) is 0 Å². The Labute approximate surface area is 109 Å². The largest absolute Gasteiger partial charge is 0.344 e. The molecule has 1 heterocycles. The van der Waals surface area contributed by atoms with Crippen molar-refractivity contribution in [2.75, 3.05) is 26.2 Å². The van der Waals surface area contributed by atoms with Gasteiger partial charge in [0.25, 0.3) is 0 Å². The van der Waals surface area contributed by atoms with Crippen LogP contribution in [0.3, 0.4) is 0 Å². The van der Waals surface area contributed by atoms with Gasteiger partial charge in [-0.25, -0.2) is 0 Å².